The lowest BCUT2D eigenvalue weighted by Crippen LogP contribution is -2.48. The van der Waals surface area contributed by atoms with Gasteiger partial charge in [0.2, 0.25) is 15.9 Å². The van der Waals surface area contributed by atoms with E-state index in [0.717, 1.165) is 27.8 Å². The largest absolute Gasteiger partial charge is 0.377 e. The molecule has 0 saturated carbocycles. The molecule has 11 heteroatoms. The molecule has 2 atom stereocenters. The molecule has 0 aromatic heterocycles. The van der Waals surface area contributed by atoms with E-state index < -0.39 is 39.8 Å². The molecule has 170 valence electrons. The maximum Gasteiger partial charge on any atom is 0.252 e. The molecule has 2 aromatic carbocycles. The third-order valence-corrected chi connectivity index (χ3v) is 8.03. The van der Waals surface area contributed by atoms with Gasteiger partial charge in [-0.25, -0.2) is 17.7 Å². The standard InChI is InChI=1S/C21H19Cl2FN2O5S/c22-13-3-8-17(23)19(10-13)32(29,30)25(12-16-2-1-9-31-16)18-11-20(27)26(21(18)28)15-6-4-14(24)5-7-15/h3-8,10,16,18H,1-2,9,11-12H2. The van der Waals surface area contributed by atoms with Crippen LogP contribution in [0.2, 0.25) is 10.0 Å². The fourth-order valence-electron chi connectivity index (χ4n) is 3.89. The van der Waals surface area contributed by atoms with Gasteiger partial charge in [-0.2, -0.15) is 4.31 Å². The van der Waals surface area contributed by atoms with Gasteiger partial charge < -0.3 is 4.74 Å². The summed E-state index contributed by atoms with van der Waals surface area (Å²) < 4.78 is 47.1. The number of anilines is 1. The van der Waals surface area contributed by atoms with E-state index >= 15 is 0 Å². The molecule has 2 aromatic rings. The predicted octanol–water partition coefficient (Wildman–Crippen LogP) is 3.63. The third kappa shape index (κ3) is 4.40. The minimum atomic E-state index is -4.32. The van der Waals surface area contributed by atoms with E-state index in [1.54, 1.807) is 0 Å². The average Bonchev–Trinajstić information content (AvgIpc) is 3.36. The molecule has 4 rings (SSSR count). The molecule has 0 aliphatic carbocycles. The number of carbonyl (C=O) groups is 2. The van der Waals surface area contributed by atoms with Crippen LogP contribution in [0.15, 0.2) is 47.4 Å². The number of imide groups is 1. The molecular formula is C21H19Cl2FN2O5S. The van der Waals surface area contributed by atoms with Crippen molar-refractivity contribution in [1.82, 2.24) is 4.31 Å². The Labute approximate surface area is 194 Å². The fraction of sp³-hybridized carbons (Fsp3) is 0.333. The average molecular weight is 501 g/mol. The molecule has 2 unspecified atom stereocenters. The van der Waals surface area contributed by atoms with Gasteiger partial charge in [-0.1, -0.05) is 23.2 Å². The Morgan fingerprint density at radius 3 is 2.50 bits per heavy atom. The fourth-order valence-corrected chi connectivity index (χ4v) is 6.24. The van der Waals surface area contributed by atoms with Crippen molar-refractivity contribution in [3.8, 4) is 0 Å². The van der Waals surface area contributed by atoms with Crippen LogP contribution in [-0.2, 0) is 24.3 Å². The zero-order valence-corrected chi connectivity index (χ0v) is 19.0. The van der Waals surface area contributed by atoms with Crippen molar-refractivity contribution >= 4 is 50.7 Å². The van der Waals surface area contributed by atoms with Crippen molar-refractivity contribution in [2.45, 2.75) is 36.3 Å². The van der Waals surface area contributed by atoms with Crippen LogP contribution in [0, 0.1) is 5.82 Å². The summed E-state index contributed by atoms with van der Waals surface area (Å²) in [6.07, 6.45) is 0.590. The van der Waals surface area contributed by atoms with E-state index in [1.807, 2.05) is 0 Å². The monoisotopic (exact) mass is 500 g/mol. The molecule has 7 nitrogen and oxygen atoms in total. The van der Waals surface area contributed by atoms with Gasteiger partial charge in [0, 0.05) is 18.2 Å². The number of rotatable bonds is 6. The highest BCUT2D eigenvalue weighted by Gasteiger charge is 2.48. The summed E-state index contributed by atoms with van der Waals surface area (Å²) in [4.78, 5) is 26.6. The van der Waals surface area contributed by atoms with Crippen molar-refractivity contribution in [2.24, 2.45) is 0 Å². The van der Waals surface area contributed by atoms with Gasteiger partial charge in [-0.3, -0.25) is 9.59 Å². The quantitative estimate of drug-likeness (QED) is 0.565. The van der Waals surface area contributed by atoms with E-state index in [4.69, 9.17) is 27.9 Å². The van der Waals surface area contributed by atoms with Crippen molar-refractivity contribution < 1.29 is 27.1 Å². The Kier molecular flexibility index (Phi) is 6.56. The first-order valence-corrected chi connectivity index (χ1v) is 12.1. The summed E-state index contributed by atoms with van der Waals surface area (Å²) in [5.74, 6) is -1.83. The number of nitrogens with zero attached hydrogens (tertiary/aromatic N) is 2. The lowest BCUT2D eigenvalue weighted by molar-refractivity contribution is -0.122. The van der Waals surface area contributed by atoms with Crippen molar-refractivity contribution in [3.05, 3.63) is 58.3 Å². The number of hydrogen-bond donors (Lipinski definition) is 0. The second-order valence-corrected chi connectivity index (χ2v) is 10.3. The molecule has 2 amide bonds. The van der Waals surface area contributed by atoms with E-state index in [1.165, 1.54) is 30.3 Å². The maximum atomic E-state index is 13.6. The molecule has 0 spiro atoms. The summed E-state index contributed by atoms with van der Waals surface area (Å²) in [5.41, 5.74) is 0.166. The van der Waals surface area contributed by atoms with Crippen LogP contribution in [0.25, 0.3) is 0 Å². The predicted molar refractivity (Wildman–Crippen MR) is 117 cm³/mol. The van der Waals surface area contributed by atoms with Gasteiger partial charge in [0.05, 0.1) is 23.2 Å². The van der Waals surface area contributed by atoms with Crippen molar-refractivity contribution in [1.29, 1.82) is 0 Å². The minimum absolute atomic E-state index is 0.0566. The van der Waals surface area contributed by atoms with Gasteiger partial charge in [0.1, 0.15) is 16.8 Å². The smallest absolute Gasteiger partial charge is 0.252 e. The van der Waals surface area contributed by atoms with Crippen LogP contribution in [0.4, 0.5) is 10.1 Å². The first kappa shape index (κ1) is 23.1. The van der Waals surface area contributed by atoms with Crippen LogP contribution >= 0.6 is 23.2 Å². The summed E-state index contributed by atoms with van der Waals surface area (Å²) in [5, 5.41) is 0.103. The third-order valence-electron chi connectivity index (χ3n) is 5.44. The Morgan fingerprint density at radius 1 is 1.12 bits per heavy atom. The molecule has 2 fully saturated rings. The van der Waals surface area contributed by atoms with Crippen LogP contribution in [-0.4, -0.2) is 49.8 Å². The molecule has 2 aliphatic heterocycles. The highest BCUT2D eigenvalue weighted by atomic mass is 35.5. The second kappa shape index (κ2) is 9.07. The highest BCUT2D eigenvalue weighted by Crippen LogP contribution is 2.34. The Balaban J connectivity index is 1.73. The highest BCUT2D eigenvalue weighted by molar-refractivity contribution is 7.89. The topological polar surface area (TPSA) is 84.0 Å². The molecule has 2 saturated heterocycles. The first-order chi connectivity index (χ1) is 15.2. The lowest BCUT2D eigenvalue weighted by atomic mass is 10.2. The second-order valence-electron chi connectivity index (χ2n) is 7.55. The zero-order chi connectivity index (χ0) is 23.0. The van der Waals surface area contributed by atoms with Crippen LogP contribution in [0.1, 0.15) is 19.3 Å². The van der Waals surface area contributed by atoms with Gasteiger partial charge >= 0.3 is 0 Å². The minimum Gasteiger partial charge on any atom is -0.377 e. The number of carbonyl (C=O) groups excluding carboxylic acids is 2. The van der Waals surface area contributed by atoms with E-state index in [9.17, 15) is 22.4 Å². The summed E-state index contributed by atoms with van der Waals surface area (Å²) in [6, 6.07) is 7.55. The number of sulfonamides is 1. The number of benzene rings is 2. The first-order valence-electron chi connectivity index (χ1n) is 9.89. The number of halogens is 3. The van der Waals surface area contributed by atoms with E-state index in [0.29, 0.717) is 13.0 Å². The summed E-state index contributed by atoms with van der Waals surface area (Å²) >= 11 is 12.2. The summed E-state index contributed by atoms with van der Waals surface area (Å²) in [6.45, 7) is 0.363. The normalized spacial score (nSPS) is 21.7. The van der Waals surface area contributed by atoms with Crippen molar-refractivity contribution in [3.63, 3.8) is 0 Å². The zero-order valence-electron chi connectivity index (χ0n) is 16.7. The molecule has 2 aliphatic rings. The van der Waals surface area contributed by atoms with Gasteiger partial charge in [0.15, 0.2) is 0 Å². The number of hydrogen-bond acceptors (Lipinski definition) is 5. The SMILES string of the molecule is O=C1CC(N(CC2CCCO2)S(=O)(=O)c2cc(Cl)ccc2Cl)C(=O)N1c1ccc(F)cc1. The van der Waals surface area contributed by atoms with Gasteiger partial charge in [0.25, 0.3) is 5.91 Å². The van der Waals surface area contributed by atoms with Crippen LogP contribution in [0.3, 0.4) is 0 Å². The number of amides is 2. The van der Waals surface area contributed by atoms with E-state index in [-0.39, 0.29) is 33.6 Å². The lowest BCUT2D eigenvalue weighted by Gasteiger charge is -2.29. The molecule has 0 bridgehead atoms. The van der Waals surface area contributed by atoms with Crippen molar-refractivity contribution in [2.75, 3.05) is 18.1 Å². The Morgan fingerprint density at radius 2 is 1.84 bits per heavy atom. The Bertz CT molecular complexity index is 1150. The van der Waals surface area contributed by atoms with Crippen LogP contribution < -0.4 is 4.90 Å². The number of ether oxygens (including phenoxy) is 1. The van der Waals surface area contributed by atoms with Gasteiger partial charge in [-0.05, 0) is 55.3 Å². The van der Waals surface area contributed by atoms with Crippen LogP contribution in [0.5, 0.6) is 0 Å². The van der Waals surface area contributed by atoms with E-state index in [2.05, 4.69) is 0 Å². The molecule has 0 N–H and O–H groups in total. The molecule has 32 heavy (non-hydrogen) atoms. The molecule has 2 heterocycles. The van der Waals surface area contributed by atoms with Gasteiger partial charge in [-0.15, -0.1) is 0 Å². The Hall–Kier alpha value is -2.04. The maximum absolute atomic E-state index is 13.6. The molecular weight excluding hydrogens is 482 g/mol. The molecule has 0 radical (unpaired) electrons. The summed E-state index contributed by atoms with van der Waals surface area (Å²) in [7, 11) is -4.32.